The van der Waals surface area contributed by atoms with Gasteiger partial charge in [-0.05, 0) is 53.6 Å². The molecule has 9 aromatic rings. The molecule has 0 amide bonds. The Labute approximate surface area is 251 Å². The van der Waals surface area contributed by atoms with Gasteiger partial charge in [0.05, 0.1) is 27.9 Å². The highest BCUT2D eigenvalue weighted by atomic mass is 32.1. The van der Waals surface area contributed by atoms with Crippen LogP contribution in [0.15, 0.2) is 140 Å². The second-order valence-corrected chi connectivity index (χ2v) is 11.9. The van der Waals surface area contributed by atoms with Crippen molar-refractivity contribution in [2.24, 2.45) is 0 Å². The maximum Gasteiger partial charge on any atom is 0.0972 e. The molecule has 0 spiro atoms. The third-order valence-electron chi connectivity index (χ3n) is 8.32. The third-order valence-corrected chi connectivity index (χ3v) is 9.45. The molecule has 0 N–H and O–H groups in total. The molecule has 0 aliphatic heterocycles. The summed E-state index contributed by atoms with van der Waals surface area (Å²) in [5.74, 6) is 0. The lowest BCUT2D eigenvalue weighted by Gasteiger charge is -2.10. The zero-order chi connectivity index (χ0) is 28.3. The van der Waals surface area contributed by atoms with Gasteiger partial charge in [-0.25, -0.2) is 9.97 Å². The molecule has 0 saturated heterocycles. The Kier molecular flexibility index (Phi) is 5.37. The van der Waals surface area contributed by atoms with Crippen LogP contribution >= 0.6 is 11.3 Å². The van der Waals surface area contributed by atoms with E-state index in [2.05, 4.69) is 114 Å². The van der Waals surface area contributed by atoms with Crippen molar-refractivity contribution < 1.29 is 0 Å². The van der Waals surface area contributed by atoms with E-state index in [1.54, 1.807) is 0 Å². The smallest absolute Gasteiger partial charge is 0.0972 e. The van der Waals surface area contributed by atoms with Crippen molar-refractivity contribution in [2.75, 3.05) is 0 Å². The van der Waals surface area contributed by atoms with Crippen LogP contribution < -0.4 is 0 Å². The first-order valence-electron chi connectivity index (χ1n) is 14.4. The molecule has 5 aromatic carbocycles. The number of pyridine rings is 3. The lowest BCUT2D eigenvalue weighted by molar-refractivity contribution is 1.37. The topological polar surface area (TPSA) is 38.7 Å². The maximum absolute atomic E-state index is 5.23. The minimum absolute atomic E-state index is 0.923. The second-order valence-electron chi connectivity index (χ2n) is 10.8. The van der Waals surface area contributed by atoms with E-state index in [9.17, 15) is 0 Å². The predicted molar refractivity (Wildman–Crippen MR) is 182 cm³/mol. The Bertz CT molecular complexity index is 2510. The van der Waals surface area contributed by atoms with E-state index in [0.717, 1.165) is 49.8 Å². The summed E-state index contributed by atoms with van der Waals surface area (Å²) in [6.45, 7) is 0. The van der Waals surface area contributed by atoms with Crippen LogP contribution in [0.1, 0.15) is 0 Å². The number of thiophene rings is 1. The van der Waals surface area contributed by atoms with Crippen LogP contribution in [0.5, 0.6) is 0 Å². The molecular weight excluding hydrogens is 543 g/mol. The molecule has 0 aliphatic rings. The van der Waals surface area contributed by atoms with E-state index in [1.165, 1.54) is 36.7 Å². The Morgan fingerprint density at radius 2 is 1.19 bits per heavy atom. The molecule has 0 atom stereocenters. The monoisotopic (exact) mass is 565 g/mol. The molecule has 0 fully saturated rings. The summed E-state index contributed by atoms with van der Waals surface area (Å²) in [5.41, 5.74) is 9.39. The van der Waals surface area contributed by atoms with Gasteiger partial charge in [-0.1, -0.05) is 91.0 Å². The molecule has 0 bridgehead atoms. The number of rotatable bonds is 3. The first-order valence-corrected chi connectivity index (χ1v) is 15.2. The van der Waals surface area contributed by atoms with Crippen molar-refractivity contribution in [1.82, 2.24) is 15.0 Å². The molecule has 4 heterocycles. The van der Waals surface area contributed by atoms with E-state index in [4.69, 9.17) is 9.97 Å². The second kappa shape index (κ2) is 9.55. The average Bonchev–Trinajstić information content (AvgIpc) is 3.46. The number of aromatic nitrogens is 3. The Hall–Kier alpha value is -5.45. The van der Waals surface area contributed by atoms with Gasteiger partial charge < -0.3 is 0 Å². The first kappa shape index (κ1) is 24.2. The van der Waals surface area contributed by atoms with Gasteiger partial charge in [-0.2, -0.15) is 0 Å². The van der Waals surface area contributed by atoms with Crippen LogP contribution in [0.3, 0.4) is 0 Å². The molecule has 9 rings (SSSR count). The fraction of sp³-hybridized carbons (Fsp3) is 0. The number of nitrogens with zero attached hydrogens (tertiary/aromatic N) is 3. The van der Waals surface area contributed by atoms with Gasteiger partial charge in [-0.3, -0.25) is 4.98 Å². The minimum Gasteiger partial charge on any atom is -0.256 e. The van der Waals surface area contributed by atoms with Crippen molar-refractivity contribution in [3.63, 3.8) is 0 Å². The fourth-order valence-electron chi connectivity index (χ4n) is 6.25. The summed E-state index contributed by atoms with van der Waals surface area (Å²) in [7, 11) is 0. The minimum atomic E-state index is 0.923. The van der Waals surface area contributed by atoms with Crippen molar-refractivity contribution in [3.8, 4) is 33.6 Å². The van der Waals surface area contributed by atoms with Gasteiger partial charge in [0.25, 0.3) is 0 Å². The van der Waals surface area contributed by atoms with Gasteiger partial charge in [0.1, 0.15) is 0 Å². The van der Waals surface area contributed by atoms with Crippen LogP contribution in [-0.2, 0) is 0 Å². The Morgan fingerprint density at radius 3 is 2.00 bits per heavy atom. The Morgan fingerprint density at radius 1 is 0.465 bits per heavy atom. The largest absolute Gasteiger partial charge is 0.256 e. The lowest BCUT2D eigenvalue weighted by atomic mass is 9.95. The van der Waals surface area contributed by atoms with E-state index in [0.29, 0.717) is 0 Å². The van der Waals surface area contributed by atoms with Crippen molar-refractivity contribution in [3.05, 3.63) is 140 Å². The highest BCUT2D eigenvalue weighted by Crippen LogP contribution is 2.43. The van der Waals surface area contributed by atoms with Crippen molar-refractivity contribution >= 4 is 64.2 Å². The molecule has 0 unspecified atom stereocenters. The van der Waals surface area contributed by atoms with Gasteiger partial charge in [-0.15, -0.1) is 11.3 Å². The molecule has 43 heavy (non-hydrogen) atoms. The first-order chi connectivity index (χ1) is 21.3. The summed E-state index contributed by atoms with van der Waals surface area (Å²) >= 11 is 1.84. The van der Waals surface area contributed by atoms with Crippen molar-refractivity contribution in [1.29, 1.82) is 0 Å². The summed E-state index contributed by atoms with van der Waals surface area (Å²) in [6, 6.07) is 47.1. The summed E-state index contributed by atoms with van der Waals surface area (Å²) < 4.78 is 2.55. The standard InChI is InChI=1S/C39H23N3S/c1-2-7-24(8-3-1)32-19-16-25-14-15-26-17-20-33(42-39(26)38(25)41-32)27-18-21-35-31(23-27)37-30(10-5-13-36(37)43-35)28-9-4-12-34-29(28)11-6-22-40-34/h1-23H. The van der Waals surface area contributed by atoms with Crippen molar-refractivity contribution in [2.45, 2.75) is 0 Å². The molecule has 4 aromatic heterocycles. The molecule has 4 heteroatoms. The predicted octanol–water partition coefficient (Wildman–Crippen LogP) is 10.7. The third kappa shape index (κ3) is 3.92. The van der Waals surface area contributed by atoms with E-state index >= 15 is 0 Å². The highest BCUT2D eigenvalue weighted by molar-refractivity contribution is 7.26. The normalized spacial score (nSPS) is 11.7. The maximum atomic E-state index is 5.23. The number of hydrogen-bond acceptors (Lipinski definition) is 4. The van der Waals surface area contributed by atoms with Crippen LogP contribution in [0, 0.1) is 0 Å². The number of benzene rings is 5. The van der Waals surface area contributed by atoms with Gasteiger partial charge >= 0.3 is 0 Å². The SMILES string of the molecule is c1ccc(-c2ccc3ccc4ccc(-c5ccc6sc7cccc(-c8cccc9ncccc89)c7c6c5)nc4c3n2)cc1. The fourth-order valence-corrected chi connectivity index (χ4v) is 7.36. The van der Waals surface area contributed by atoms with E-state index in [-0.39, 0.29) is 0 Å². The van der Waals surface area contributed by atoms with Crippen LogP contribution in [-0.4, -0.2) is 15.0 Å². The molecule has 200 valence electrons. The zero-order valence-corrected chi connectivity index (χ0v) is 23.8. The molecule has 3 nitrogen and oxygen atoms in total. The van der Waals surface area contributed by atoms with E-state index in [1.807, 2.05) is 41.8 Å². The highest BCUT2D eigenvalue weighted by Gasteiger charge is 2.15. The van der Waals surface area contributed by atoms with Crippen LogP contribution in [0.4, 0.5) is 0 Å². The van der Waals surface area contributed by atoms with E-state index < -0.39 is 0 Å². The van der Waals surface area contributed by atoms with Gasteiger partial charge in [0.2, 0.25) is 0 Å². The quantitative estimate of drug-likeness (QED) is 0.200. The average molecular weight is 566 g/mol. The van der Waals surface area contributed by atoms with Crippen LogP contribution in [0.2, 0.25) is 0 Å². The van der Waals surface area contributed by atoms with Crippen LogP contribution in [0.25, 0.3) is 86.5 Å². The van der Waals surface area contributed by atoms with Gasteiger partial charge in [0, 0.05) is 53.7 Å². The Balaban J connectivity index is 1.25. The number of hydrogen-bond donors (Lipinski definition) is 0. The lowest BCUT2D eigenvalue weighted by Crippen LogP contribution is -1.91. The summed E-state index contributed by atoms with van der Waals surface area (Å²) in [6.07, 6.45) is 1.86. The molecule has 0 saturated carbocycles. The molecular formula is C39H23N3S. The zero-order valence-electron chi connectivity index (χ0n) is 23.0. The summed E-state index contributed by atoms with van der Waals surface area (Å²) in [5, 5.41) is 5.87. The van der Waals surface area contributed by atoms with Gasteiger partial charge in [0.15, 0.2) is 0 Å². The molecule has 0 radical (unpaired) electrons. The number of fused-ring (bicyclic) bond motifs is 7. The molecule has 0 aliphatic carbocycles. The summed E-state index contributed by atoms with van der Waals surface area (Å²) in [4.78, 5) is 14.9.